The van der Waals surface area contributed by atoms with Crippen molar-refractivity contribution in [3.05, 3.63) is 65.4 Å². The van der Waals surface area contributed by atoms with E-state index in [4.69, 9.17) is 33.6 Å². The molecule has 4 fully saturated rings. The van der Waals surface area contributed by atoms with Gasteiger partial charge in [0, 0.05) is 43.1 Å². The third kappa shape index (κ3) is 5.13. The van der Waals surface area contributed by atoms with Gasteiger partial charge in [-0.05, 0) is 44.9 Å². The van der Waals surface area contributed by atoms with E-state index >= 15 is 0 Å². The lowest BCUT2D eigenvalue weighted by molar-refractivity contribution is -0.228. The van der Waals surface area contributed by atoms with Gasteiger partial charge in [-0.1, -0.05) is 24.0 Å². The number of carbonyl (C=O) groups is 1. The molecule has 50 heavy (non-hydrogen) atoms. The monoisotopic (exact) mass is 675 g/mol. The number of morpholine rings is 1. The van der Waals surface area contributed by atoms with E-state index in [9.17, 15) is 9.90 Å². The highest BCUT2D eigenvalue weighted by molar-refractivity contribution is 6.06. The van der Waals surface area contributed by atoms with Gasteiger partial charge < -0.3 is 33.5 Å². The molecule has 4 aromatic heterocycles. The normalized spacial score (nSPS) is 22.9. The van der Waals surface area contributed by atoms with Gasteiger partial charge >= 0.3 is 5.97 Å². The molecule has 3 atom stereocenters. The van der Waals surface area contributed by atoms with Gasteiger partial charge in [0.15, 0.2) is 11.4 Å². The lowest BCUT2D eigenvalue weighted by Gasteiger charge is -2.53. The molecule has 4 aliphatic rings. The fourth-order valence-electron chi connectivity index (χ4n) is 7.29. The van der Waals surface area contributed by atoms with Crippen LogP contribution in [0.3, 0.4) is 0 Å². The molecule has 256 valence electrons. The zero-order chi connectivity index (χ0) is 34.1. The first-order valence-electron chi connectivity index (χ1n) is 17.1. The van der Waals surface area contributed by atoms with Crippen molar-refractivity contribution < 1.29 is 28.5 Å². The maximum absolute atomic E-state index is 12.8. The number of para-hydroxylation sites is 1. The number of aromatic nitrogens is 5. The molecule has 0 unspecified atom stereocenters. The number of nitrogens with zero attached hydrogens (tertiary/aromatic N) is 7. The number of hydrogen-bond acceptors (Lipinski definition) is 11. The second kappa shape index (κ2) is 11.7. The first-order chi connectivity index (χ1) is 24.3. The summed E-state index contributed by atoms with van der Waals surface area (Å²) in [6, 6.07) is 8.84. The molecule has 7 heterocycles. The Morgan fingerprint density at radius 1 is 1.12 bits per heavy atom. The maximum atomic E-state index is 12.8. The number of aliphatic carboxylic acids is 1. The minimum absolute atomic E-state index is 0.0204. The van der Waals surface area contributed by atoms with Crippen LogP contribution in [-0.2, 0) is 21.3 Å². The molecule has 0 bridgehead atoms. The second-order valence-corrected chi connectivity index (χ2v) is 13.8. The molecule has 0 amide bonds. The number of fused-ring (bicyclic) bond motifs is 3. The number of ether oxygens (including phenoxy) is 3. The Labute approximate surface area is 288 Å². The van der Waals surface area contributed by atoms with Crippen molar-refractivity contribution in [1.82, 2.24) is 24.7 Å². The minimum atomic E-state index is -0.954. The number of hydrogen-bond donors (Lipinski definition) is 1. The average molecular weight is 676 g/mol. The Balaban J connectivity index is 1.07. The molecule has 1 aliphatic carbocycles. The van der Waals surface area contributed by atoms with Gasteiger partial charge in [-0.2, -0.15) is 5.10 Å². The second-order valence-electron chi connectivity index (χ2n) is 13.8. The third-order valence-electron chi connectivity index (χ3n) is 10.6. The first-order valence-corrected chi connectivity index (χ1v) is 17.1. The molecular formula is C37H37N7O6. The first kappa shape index (κ1) is 30.8. The fourth-order valence-corrected chi connectivity index (χ4v) is 7.29. The van der Waals surface area contributed by atoms with Crippen molar-refractivity contribution in [3.63, 3.8) is 0 Å². The Morgan fingerprint density at radius 3 is 2.70 bits per heavy atom. The van der Waals surface area contributed by atoms with Gasteiger partial charge in [0.05, 0.1) is 49.9 Å². The molecule has 1 aromatic carbocycles. The highest BCUT2D eigenvalue weighted by Crippen LogP contribution is 2.44. The van der Waals surface area contributed by atoms with Crippen molar-refractivity contribution >= 4 is 39.5 Å². The maximum Gasteiger partial charge on any atom is 0.326 e. The van der Waals surface area contributed by atoms with E-state index in [1.54, 1.807) is 22.0 Å². The molecule has 3 aliphatic heterocycles. The standard InChI is InChI=1S/C37H37N7O6/c1-21-25(17-39-42(21)3)9-8-23-14-28(43-12-13-48-37(22(43)2)19-47-20-37)35(38-16-23)49-26-15-29(36(45)46)44(18-26)34-32-31(40-33(41-34)24-10-11-24)27-6-4-5-7-30(27)50-32/h4-7,14,16-17,22,24,26,29H,10-13,15,18-20H2,1-3H3,(H,45,46)/t22-,26-,29-/m0/s1. The van der Waals surface area contributed by atoms with Crippen LogP contribution in [0.2, 0.25) is 0 Å². The van der Waals surface area contributed by atoms with Crippen LogP contribution < -0.4 is 14.5 Å². The van der Waals surface area contributed by atoms with Gasteiger partial charge in [-0.25, -0.2) is 19.7 Å². The SMILES string of the molecule is Cc1c(C#Cc2cnc(O[C@H]3C[C@@H](C(=O)O)N(c4nc(C5CC5)nc5c4oc4ccccc45)C3)c(N3CCOC4(COC4)[C@@H]3C)c2)cnn1C. The van der Waals surface area contributed by atoms with Gasteiger partial charge in [-0.3, -0.25) is 4.68 Å². The lowest BCUT2D eigenvalue weighted by atomic mass is 9.90. The largest absolute Gasteiger partial charge is 0.480 e. The summed E-state index contributed by atoms with van der Waals surface area (Å²) < 4.78 is 26.6. The van der Waals surface area contributed by atoms with Crippen molar-refractivity contribution in [2.24, 2.45) is 7.05 Å². The highest BCUT2D eigenvalue weighted by atomic mass is 16.6. The number of aryl methyl sites for hydroxylation is 1. The summed E-state index contributed by atoms with van der Waals surface area (Å²) in [4.78, 5) is 31.5. The van der Waals surface area contributed by atoms with Crippen molar-refractivity contribution in [3.8, 4) is 17.7 Å². The quantitative estimate of drug-likeness (QED) is 0.258. The summed E-state index contributed by atoms with van der Waals surface area (Å²) >= 11 is 0. The summed E-state index contributed by atoms with van der Waals surface area (Å²) in [6.07, 6.45) is 5.23. The molecule has 0 radical (unpaired) electrons. The zero-order valence-corrected chi connectivity index (χ0v) is 28.1. The van der Waals surface area contributed by atoms with Crippen molar-refractivity contribution in [2.75, 3.05) is 42.7 Å². The van der Waals surface area contributed by atoms with E-state index < -0.39 is 23.7 Å². The predicted molar refractivity (Wildman–Crippen MR) is 184 cm³/mol. The summed E-state index contributed by atoms with van der Waals surface area (Å²) in [5, 5.41) is 15.7. The smallest absolute Gasteiger partial charge is 0.326 e. The van der Waals surface area contributed by atoms with E-state index in [1.165, 1.54) is 0 Å². The van der Waals surface area contributed by atoms with E-state index in [1.807, 2.05) is 44.3 Å². The molecule has 5 aromatic rings. The van der Waals surface area contributed by atoms with Crippen LogP contribution in [0.4, 0.5) is 11.5 Å². The highest BCUT2D eigenvalue weighted by Gasteiger charge is 2.50. The number of furan rings is 1. The number of rotatable bonds is 6. The van der Waals surface area contributed by atoms with Gasteiger partial charge in [0.1, 0.15) is 40.4 Å². The minimum Gasteiger partial charge on any atom is -0.480 e. The van der Waals surface area contributed by atoms with Crippen LogP contribution in [0.15, 0.2) is 47.1 Å². The average Bonchev–Trinajstić information content (AvgIpc) is 3.65. The predicted octanol–water partition coefficient (Wildman–Crippen LogP) is 4.20. The Morgan fingerprint density at radius 2 is 1.96 bits per heavy atom. The number of carboxylic acids is 1. The van der Waals surface area contributed by atoms with Gasteiger partial charge in [0.2, 0.25) is 5.88 Å². The van der Waals surface area contributed by atoms with E-state index in [0.717, 1.165) is 46.6 Å². The van der Waals surface area contributed by atoms with Crippen LogP contribution >= 0.6 is 0 Å². The van der Waals surface area contributed by atoms with Crippen LogP contribution in [0.5, 0.6) is 5.88 Å². The van der Waals surface area contributed by atoms with E-state index in [0.29, 0.717) is 54.7 Å². The van der Waals surface area contributed by atoms with E-state index in [-0.39, 0.29) is 24.9 Å². The molecule has 1 N–H and O–H groups in total. The molecule has 3 saturated heterocycles. The number of benzene rings is 1. The van der Waals surface area contributed by atoms with Crippen LogP contribution in [0.1, 0.15) is 54.7 Å². The van der Waals surface area contributed by atoms with Crippen molar-refractivity contribution in [1.29, 1.82) is 0 Å². The van der Waals surface area contributed by atoms with E-state index in [2.05, 4.69) is 28.8 Å². The number of pyridine rings is 1. The van der Waals surface area contributed by atoms with Gasteiger partial charge in [0.25, 0.3) is 0 Å². The fraction of sp³-hybridized carbons (Fsp3) is 0.432. The molecule has 13 nitrogen and oxygen atoms in total. The van der Waals surface area contributed by atoms with Crippen LogP contribution in [-0.4, -0.2) is 92.5 Å². The molecule has 9 rings (SSSR count). The molecular weight excluding hydrogens is 638 g/mol. The number of carboxylic acid groups (broad SMARTS) is 1. The number of anilines is 2. The van der Waals surface area contributed by atoms with Crippen molar-refractivity contribution in [2.45, 2.75) is 62.8 Å². The topological polar surface area (TPSA) is 141 Å². The molecule has 13 heteroatoms. The lowest BCUT2D eigenvalue weighted by Crippen LogP contribution is -2.68. The Hall–Kier alpha value is -5.19. The van der Waals surface area contributed by atoms with Crippen LogP contribution in [0, 0.1) is 18.8 Å². The Bertz CT molecular complexity index is 2210. The summed E-state index contributed by atoms with van der Waals surface area (Å²) in [7, 11) is 1.89. The molecule has 1 spiro atoms. The summed E-state index contributed by atoms with van der Waals surface area (Å²) in [5.41, 5.74) is 4.81. The summed E-state index contributed by atoms with van der Waals surface area (Å²) in [6.45, 7) is 6.59. The zero-order valence-electron chi connectivity index (χ0n) is 28.1. The summed E-state index contributed by atoms with van der Waals surface area (Å²) in [5.74, 6) is 7.45. The van der Waals surface area contributed by atoms with Gasteiger partial charge in [-0.15, -0.1) is 0 Å². The Kier molecular flexibility index (Phi) is 7.22. The third-order valence-corrected chi connectivity index (χ3v) is 10.6. The molecule has 1 saturated carbocycles. The van der Waals surface area contributed by atoms with Crippen LogP contribution in [0.25, 0.3) is 22.1 Å².